The topological polar surface area (TPSA) is 89.9 Å². The van der Waals surface area contributed by atoms with E-state index in [1.807, 2.05) is 50.2 Å². The maximum absolute atomic E-state index is 12.7. The Kier molecular flexibility index (Phi) is 8.23. The quantitative estimate of drug-likeness (QED) is 0.576. The minimum absolute atomic E-state index is 0.0657. The Hall–Kier alpha value is -2.64. The molecular formula is C21H27BN2O4. The normalized spacial score (nSPS) is 11.8. The number of amides is 2. The molecular weight excluding hydrogens is 355 g/mol. The van der Waals surface area contributed by atoms with Crippen molar-refractivity contribution in [3.8, 4) is 0 Å². The van der Waals surface area contributed by atoms with E-state index < -0.39 is 13.1 Å². The summed E-state index contributed by atoms with van der Waals surface area (Å²) in [4.78, 5) is 26.7. The van der Waals surface area contributed by atoms with Crippen LogP contribution in [0.15, 0.2) is 60.7 Å². The van der Waals surface area contributed by atoms with Gasteiger partial charge in [-0.3, -0.25) is 9.59 Å². The zero-order valence-corrected chi connectivity index (χ0v) is 16.3. The molecule has 0 fully saturated rings. The van der Waals surface area contributed by atoms with Crippen molar-refractivity contribution in [2.24, 2.45) is 0 Å². The van der Waals surface area contributed by atoms with Crippen molar-refractivity contribution in [2.75, 3.05) is 6.54 Å². The number of nitrogens with zero attached hydrogens (tertiary/aromatic N) is 1. The first-order valence-corrected chi connectivity index (χ1v) is 9.44. The van der Waals surface area contributed by atoms with Crippen molar-refractivity contribution in [2.45, 2.75) is 38.7 Å². The van der Waals surface area contributed by atoms with Gasteiger partial charge in [0.2, 0.25) is 5.91 Å². The number of hydrogen-bond donors (Lipinski definition) is 3. The SMILES string of the molecule is CC(C)N(CCC(=O)NC(Cc1ccccc1)B(O)O)C(=O)c1ccccc1. The molecule has 1 atom stereocenters. The van der Waals surface area contributed by atoms with Gasteiger partial charge in [0.25, 0.3) is 5.91 Å². The zero-order valence-electron chi connectivity index (χ0n) is 16.3. The first kappa shape index (κ1) is 21.7. The summed E-state index contributed by atoms with van der Waals surface area (Å²) in [5, 5.41) is 21.9. The third kappa shape index (κ3) is 6.51. The Morgan fingerprint density at radius 1 is 1.00 bits per heavy atom. The molecule has 6 nitrogen and oxygen atoms in total. The van der Waals surface area contributed by atoms with E-state index in [9.17, 15) is 19.6 Å². The van der Waals surface area contributed by atoms with Crippen LogP contribution in [-0.2, 0) is 11.2 Å². The number of benzene rings is 2. The number of hydrogen-bond acceptors (Lipinski definition) is 4. The van der Waals surface area contributed by atoms with Gasteiger partial charge in [-0.1, -0.05) is 48.5 Å². The van der Waals surface area contributed by atoms with E-state index >= 15 is 0 Å². The molecule has 0 aromatic heterocycles. The van der Waals surface area contributed by atoms with Crippen LogP contribution < -0.4 is 5.32 Å². The van der Waals surface area contributed by atoms with Crippen molar-refractivity contribution >= 4 is 18.9 Å². The molecule has 0 aliphatic heterocycles. The van der Waals surface area contributed by atoms with Crippen LogP contribution in [0, 0.1) is 0 Å². The largest absolute Gasteiger partial charge is 0.475 e. The van der Waals surface area contributed by atoms with Crippen LogP contribution in [0.5, 0.6) is 0 Å². The number of nitrogens with one attached hydrogen (secondary N) is 1. The van der Waals surface area contributed by atoms with E-state index in [0.717, 1.165) is 5.56 Å². The average Bonchev–Trinajstić information content (AvgIpc) is 2.68. The van der Waals surface area contributed by atoms with Gasteiger partial charge in [-0.2, -0.15) is 0 Å². The van der Waals surface area contributed by atoms with E-state index in [4.69, 9.17) is 0 Å². The van der Waals surface area contributed by atoms with E-state index in [1.165, 1.54) is 0 Å². The molecule has 0 saturated heterocycles. The van der Waals surface area contributed by atoms with Gasteiger partial charge in [-0.25, -0.2) is 0 Å². The second kappa shape index (κ2) is 10.6. The molecule has 0 saturated carbocycles. The highest BCUT2D eigenvalue weighted by Gasteiger charge is 2.26. The number of rotatable bonds is 9. The van der Waals surface area contributed by atoms with Crippen molar-refractivity contribution in [1.29, 1.82) is 0 Å². The van der Waals surface area contributed by atoms with Crippen LogP contribution in [0.3, 0.4) is 0 Å². The Morgan fingerprint density at radius 2 is 1.57 bits per heavy atom. The fourth-order valence-electron chi connectivity index (χ4n) is 2.94. The molecule has 28 heavy (non-hydrogen) atoms. The van der Waals surface area contributed by atoms with Crippen LogP contribution in [-0.4, -0.2) is 52.4 Å². The van der Waals surface area contributed by atoms with Crippen LogP contribution in [0.2, 0.25) is 0 Å². The summed E-state index contributed by atoms with van der Waals surface area (Å²) in [7, 11) is -1.67. The number of carbonyl (C=O) groups is 2. The maximum atomic E-state index is 12.7. The van der Waals surface area contributed by atoms with Crippen LogP contribution >= 0.6 is 0 Å². The third-order valence-corrected chi connectivity index (χ3v) is 4.49. The summed E-state index contributed by atoms with van der Waals surface area (Å²) < 4.78 is 0. The summed E-state index contributed by atoms with van der Waals surface area (Å²) in [5.74, 6) is -1.28. The Morgan fingerprint density at radius 3 is 2.11 bits per heavy atom. The van der Waals surface area contributed by atoms with Crippen molar-refractivity contribution < 1.29 is 19.6 Å². The molecule has 0 spiro atoms. The fraction of sp³-hybridized carbons (Fsp3) is 0.333. The average molecular weight is 382 g/mol. The lowest BCUT2D eigenvalue weighted by atomic mass is 9.76. The second-order valence-corrected chi connectivity index (χ2v) is 6.99. The van der Waals surface area contributed by atoms with Gasteiger partial charge in [-0.05, 0) is 38.0 Å². The Balaban J connectivity index is 1.95. The Labute approximate surface area is 166 Å². The number of carbonyl (C=O) groups excluding carboxylic acids is 2. The van der Waals surface area contributed by atoms with E-state index in [-0.39, 0.29) is 30.8 Å². The molecule has 148 valence electrons. The monoisotopic (exact) mass is 382 g/mol. The molecule has 0 heterocycles. The lowest BCUT2D eigenvalue weighted by Crippen LogP contribution is -2.49. The molecule has 0 radical (unpaired) electrons. The lowest BCUT2D eigenvalue weighted by Gasteiger charge is -2.27. The predicted octanol–water partition coefficient (Wildman–Crippen LogP) is 1.67. The Bertz CT molecular complexity index is 754. The fourth-order valence-corrected chi connectivity index (χ4v) is 2.94. The smallest absolute Gasteiger partial charge is 0.426 e. The minimum Gasteiger partial charge on any atom is -0.426 e. The van der Waals surface area contributed by atoms with E-state index in [0.29, 0.717) is 12.0 Å². The van der Waals surface area contributed by atoms with Gasteiger partial charge < -0.3 is 20.3 Å². The van der Waals surface area contributed by atoms with Crippen molar-refractivity contribution in [1.82, 2.24) is 10.2 Å². The zero-order chi connectivity index (χ0) is 20.5. The molecule has 0 aliphatic rings. The molecule has 3 N–H and O–H groups in total. The van der Waals surface area contributed by atoms with Gasteiger partial charge in [0.05, 0.1) is 5.94 Å². The highest BCUT2D eigenvalue weighted by molar-refractivity contribution is 6.43. The predicted molar refractivity (Wildman–Crippen MR) is 109 cm³/mol. The van der Waals surface area contributed by atoms with Crippen molar-refractivity contribution in [3.63, 3.8) is 0 Å². The van der Waals surface area contributed by atoms with Gasteiger partial charge >= 0.3 is 7.12 Å². The van der Waals surface area contributed by atoms with Crippen LogP contribution in [0.1, 0.15) is 36.2 Å². The molecule has 0 bridgehead atoms. The summed E-state index contributed by atoms with van der Waals surface area (Å²) >= 11 is 0. The minimum atomic E-state index is -1.67. The summed E-state index contributed by atoms with van der Waals surface area (Å²) in [6, 6.07) is 18.2. The molecule has 7 heteroatoms. The third-order valence-electron chi connectivity index (χ3n) is 4.49. The van der Waals surface area contributed by atoms with Crippen LogP contribution in [0.25, 0.3) is 0 Å². The molecule has 2 rings (SSSR count). The molecule has 2 amide bonds. The van der Waals surface area contributed by atoms with Gasteiger partial charge in [-0.15, -0.1) is 0 Å². The van der Waals surface area contributed by atoms with Gasteiger partial charge in [0, 0.05) is 24.6 Å². The standard InChI is InChI=1S/C21H27BN2O4/c1-16(2)24(21(26)18-11-7-4-8-12-18)14-13-20(25)23-19(22(27)28)15-17-9-5-3-6-10-17/h3-12,16,19,27-28H,13-15H2,1-2H3,(H,23,25). The van der Waals surface area contributed by atoms with Crippen molar-refractivity contribution in [3.05, 3.63) is 71.8 Å². The van der Waals surface area contributed by atoms with Gasteiger partial charge in [0.1, 0.15) is 0 Å². The van der Waals surface area contributed by atoms with Gasteiger partial charge in [0.15, 0.2) is 0 Å². The summed E-state index contributed by atoms with van der Waals surface area (Å²) in [6.07, 6.45) is 0.385. The first-order valence-electron chi connectivity index (χ1n) is 9.44. The highest BCUT2D eigenvalue weighted by atomic mass is 16.4. The molecule has 1 unspecified atom stereocenters. The lowest BCUT2D eigenvalue weighted by molar-refractivity contribution is -0.121. The maximum Gasteiger partial charge on any atom is 0.475 e. The van der Waals surface area contributed by atoms with E-state index in [1.54, 1.807) is 29.2 Å². The first-order chi connectivity index (χ1) is 13.4. The highest BCUT2D eigenvalue weighted by Crippen LogP contribution is 2.10. The second-order valence-electron chi connectivity index (χ2n) is 6.99. The molecule has 0 aliphatic carbocycles. The molecule has 2 aromatic carbocycles. The van der Waals surface area contributed by atoms with Crippen LogP contribution in [0.4, 0.5) is 0 Å². The molecule has 2 aromatic rings. The van der Waals surface area contributed by atoms with E-state index in [2.05, 4.69) is 5.32 Å². The summed E-state index contributed by atoms with van der Waals surface area (Å²) in [5.41, 5.74) is 1.47. The summed E-state index contributed by atoms with van der Waals surface area (Å²) in [6.45, 7) is 4.04.